The standard InChI is InChI=1S/C20H32O3Si/c1-20(2,3)19(23-24(4)5)16-9-7-6-8-15(16)12-22-18(14-10-11-14)17-13-21-17/h6-9,14,17-19,24H,10-13H2,1-5H3/t17-,18+,19?/m1/s1. The molecule has 1 heterocycles. The average molecular weight is 349 g/mol. The fourth-order valence-corrected chi connectivity index (χ4v) is 4.44. The van der Waals surface area contributed by atoms with Crippen LogP contribution in [-0.4, -0.2) is 27.9 Å². The number of rotatable bonds is 8. The molecule has 1 aromatic carbocycles. The average Bonchev–Trinajstić information content (AvgIpc) is 3.37. The first-order valence-corrected chi connectivity index (χ1v) is 12.1. The van der Waals surface area contributed by atoms with E-state index in [2.05, 4.69) is 58.1 Å². The van der Waals surface area contributed by atoms with Crippen LogP contribution in [-0.2, 0) is 20.5 Å². The number of hydrogen-bond donors (Lipinski definition) is 0. The van der Waals surface area contributed by atoms with Crippen LogP contribution in [0.2, 0.25) is 13.1 Å². The summed E-state index contributed by atoms with van der Waals surface area (Å²) in [6.45, 7) is 12.8. The van der Waals surface area contributed by atoms with Crippen molar-refractivity contribution in [1.29, 1.82) is 0 Å². The molecule has 2 fully saturated rings. The first-order valence-electron chi connectivity index (χ1n) is 9.32. The van der Waals surface area contributed by atoms with E-state index in [-0.39, 0.29) is 17.6 Å². The van der Waals surface area contributed by atoms with Crippen molar-refractivity contribution >= 4 is 9.04 Å². The second kappa shape index (κ2) is 7.28. The fourth-order valence-electron chi connectivity index (χ4n) is 3.34. The molecule has 2 aliphatic rings. The van der Waals surface area contributed by atoms with Crippen LogP contribution in [0.1, 0.15) is 50.8 Å². The van der Waals surface area contributed by atoms with Gasteiger partial charge in [0.05, 0.1) is 25.4 Å². The summed E-state index contributed by atoms with van der Waals surface area (Å²) >= 11 is 0. The Hall–Kier alpha value is -0.683. The van der Waals surface area contributed by atoms with Crippen molar-refractivity contribution in [1.82, 2.24) is 0 Å². The Bertz CT molecular complexity index is 532. The van der Waals surface area contributed by atoms with Crippen LogP contribution in [0.3, 0.4) is 0 Å². The van der Waals surface area contributed by atoms with Crippen LogP contribution in [0, 0.1) is 11.3 Å². The summed E-state index contributed by atoms with van der Waals surface area (Å²) in [5.74, 6) is 0.711. The number of ether oxygens (including phenoxy) is 2. The summed E-state index contributed by atoms with van der Waals surface area (Å²) in [5.41, 5.74) is 2.62. The summed E-state index contributed by atoms with van der Waals surface area (Å²) < 4.78 is 18.2. The first kappa shape index (κ1) is 18.1. The lowest BCUT2D eigenvalue weighted by molar-refractivity contribution is 0.00529. The van der Waals surface area contributed by atoms with E-state index in [0.29, 0.717) is 18.6 Å². The normalized spacial score (nSPS) is 23.3. The molecule has 0 N–H and O–H groups in total. The highest BCUT2D eigenvalue weighted by Crippen LogP contribution is 2.41. The highest BCUT2D eigenvalue weighted by molar-refractivity contribution is 6.48. The van der Waals surface area contributed by atoms with Gasteiger partial charge in [0, 0.05) is 0 Å². The topological polar surface area (TPSA) is 31.0 Å². The predicted molar refractivity (Wildman–Crippen MR) is 99.6 cm³/mol. The third kappa shape index (κ3) is 4.69. The number of hydrogen-bond acceptors (Lipinski definition) is 3. The lowest BCUT2D eigenvalue weighted by Gasteiger charge is -2.34. The molecule has 0 radical (unpaired) electrons. The SMILES string of the molecule is C[SiH](C)OC(c1ccccc1CO[C@@H](C1CC1)[C@H]1CO1)C(C)(C)C. The molecular weight excluding hydrogens is 316 g/mol. The molecular formula is C20H32O3Si. The smallest absolute Gasteiger partial charge is 0.171 e. The van der Waals surface area contributed by atoms with Crippen molar-refractivity contribution in [2.75, 3.05) is 6.61 Å². The second-order valence-corrected chi connectivity index (χ2v) is 11.0. The van der Waals surface area contributed by atoms with E-state index in [9.17, 15) is 0 Å². The van der Waals surface area contributed by atoms with E-state index in [1.807, 2.05) is 0 Å². The Morgan fingerprint density at radius 3 is 2.42 bits per heavy atom. The van der Waals surface area contributed by atoms with Gasteiger partial charge in [-0.2, -0.15) is 0 Å². The predicted octanol–water partition coefficient (Wildman–Crippen LogP) is 4.47. The maximum absolute atomic E-state index is 6.43. The minimum absolute atomic E-state index is 0.0723. The van der Waals surface area contributed by atoms with Gasteiger partial charge in [-0.1, -0.05) is 45.0 Å². The largest absolute Gasteiger partial charge is 0.413 e. The monoisotopic (exact) mass is 348 g/mol. The van der Waals surface area contributed by atoms with Crippen molar-refractivity contribution in [2.24, 2.45) is 11.3 Å². The molecule has 4 heteroatoms. The molecule has 0 spiro atoms. The molecule has 1 aliphatic carbocycles. The lowest BCUT2D eigenvalue weighted by atomic mass is 9.83. The van der Waals surface area contributed by atoms with Crippen LogP contribution in [0.4, 0.5) is 0 Å². The van der Waals surface area contributed by atoms with E-state index in [4.69, 9.17) is 13.9 Å². The molecule has 1 unspecified atom stereocenters. The van der Waals surface area contributed by atoms with Gasteiger partial charge in [0.2, 0.25) is 0 Å². The molecule has 0 amide bonds. The van der Waals surface area contributed by atoms with Crippen LogP contribution < -0.4 is 0 Å². The molecule has 1 saturated heterocycles. The van der Waals surface area contributed by atoms with E-state index in [1.54, 1.807) is 0 Å². The third-order valence-electron chi connectivity index (χ3n) is 4.78. The Morgan fingerprint density at radius 2 is 1.88 bits per heavy atom. The lowest BCUT2D eigenvalue weighted by Crippen LogP contribution is -2.27. The van der Waals surface area contributed by atoms with Gasteiger partial charge in [0.15, 0.2) is 9.04 Å². The van der Waals surface area contributed by atoms with Gasteiger partial charge in [-0.25, -0.2) is 0 Å². The van der Waals surface area contributed by atoms with Crippen LogP contribution in [0.5, 0.6) is 0 Å². The summed E-state index contributed by atoms with van der Waals surface area (Å²) in [4.78, 5) is 0. The van der Waals surface area contributed by atoms with E-state index >= 15 is 0 Å². The third-order valence-corrected chi connectivity index (χ3v) is 5.59. The van der Waals surface area contributed by atoms with Gasteiger partial charge in [-0.3, -0.25) is 0 Å². The van der Waals surface area contributed by atoms with Crippen molar-refractivity contribution in [3.63, 3.8) is 0 Å². The molecule has 3 rings (SSSR count). The Labute approximate surface area is 148 Å². The minimum atomic E-state index is -1.13. The number of epoxide rings is 1. The zero-order valence-electron chi connectivity index (χ0n) is 15.7. The highest BCUT2D eigenvalue weighted by Gasteiger charge is 2.43. The van der Waals surface area contributed by atoms with Gasteiger partial charge >= 0.3 is 0 Å². The molecule has 3 nitrogen and oxygen atoms in total. The van der Waals surface area contributed by atoms with Crippen LogP contribution in [0.25, 0.3) is 0 Å². The second-order valence-electron chi connectivity index (χ2n) is 8.61. The number of benzene rings is 1. The maximum atomic E-state index is 6.43. The summed E-state index contributed by atoms with van der Waals surface area (Å²) in [5, 5.41) is 0. The summed E-state index contributed by atoms with van der Waals surface area (Å²) in [7, 11) is -1.13. The molecule has 1 aromatic rings. The van der Waals surface area contributed by atoms with Gasteiger partial charge in [0.25, 0.3) is 0 Å². The minimum Gasteiger partial charge on any atom is -0.413 e. The van der Waals surface area contributed by atoms with Gasteiger partial charge in [-0.15, -0.1) is 0 Å². The van der Waals surface area contributed by atoms with Crippen LogP contribution >= 0.6 is 0 Å². The molecule has 0 aromatic heterocycles. The van der Waals surface area contributed by atoms with Gasteiger partial charge in [0.1, 0.15) is 6.10 Å². The molecule has 1 aliphatic heterocycles. The van der Waals surface area contributed by atoms with Crippen molar-refractivity contribution in [3.05, 3.63) is 35.4 Å². The molecule has 1 saturated carbocycles. The maximum Gasteiger partial charge on any atom is 0.171 e. The summed E-state index contributed by atoms with van der Waals surface area (Å²) in [6.07, 6.45) is 3.33. The Kier molecular flexibility index (Phi) is 5.50. The fraction of sp³-hybridized carbons (Fsp3) is 0.700. The Morgan fingerprint density at radius 1 is 1.21 bits per heavy atom. The van der Waals surface area contributed by atoms with Crippen molar-refractivity contribution in [3.8, 4) is 0 Å². The molecule has 134 valence electrons. The van der Waals surface area contributed by atoms with Gasteiger partial charge in [-0.05, 0) is 48.4 Å². The van der Waals surface area contributed by atoms with Gasteiger partial charge < -0.3 is 13.9 Å². The zero-order valence-corrected chi connectivity index (χ0v) is 16.9. The quantitative estimate of drug-likeness (QED) is 0.513. The summed E-state index contributed by atoms with van der Waals surface area (Å²) in [6, 6.07) is 8.63. The van der Waals surface area contributed by atoms with Crippen molar-refractivity contribution < 1.29 is 13.9 Å². The highest BCUT2D eigenvalue weighted by atomic mass is 28.3. The van der Waals surface area contributed by atoms with Crippen molar-refractivity contribution in [2.45, 2.75) is 71.6 Å². The first-order chi connectivity index (χ1) is 11.4. The Balaban J connectivity index is 1.75. The molecule has 24 heavy (non-hydrogen) atoms. The zero-order chi connectivity index (χ0) is 17.3. The van der Waals surface area contributed by atoms with E-state index in [0.717, 1.165) is 6.61 Å². The van der Waals surface area contributed by atoms with E-state index in [1.165, 1.54) is 24.0 Å². The van der Waals surface area contributed by atoms with Crippen LogP contribution in [0.15, 0.2) is 24.3 Å². The molecule has 3 atom stereocenters. The van der Waals surface area contributed by atoms with E-state index < -0.39 is 9.04 Å². The molecule has 0 bridgehead atoms.